The van der Waals surface area contributed by atoms with E-state index in [1.165, 1.54) is 7.11 Å². The molecule has 0 saturated heterocycles. The second-order valence-corrected chi connectivity index (χ2v) is 3.33. The van der Waals surface area contributed by atoms with E-state index in [2.05, 4.69) is 20.1 Å². The number of hydrogen-bond acceptors (Lipinski definition) is 5. The van der Waals surface area contributed by atoms with Crippen molar-refractivity contribution >= 4 is 17.6 Å². The first-order chi connectivity index (χ1) is 7.70. The van der Waals surface area contributed by atoms with E-state index in [1.807, 2.05) is 18.2 Å². The van der Waals surface area contributed by atoms with Gasteiger partial charge < -0.3 is 10.1 Å². The third-order valence-electron chi connectivity index (χ3n) is 2.14. The molecule has 1 N–H and O–H groups in total. The second kappa shape index (κ2) is 4.18. The van der Waals surface area contributed by atoms with Crippen LogP contribution < -0.4 is 5.32 Å². The smallest absolute Gasteiger partial charge is 0.328 e. The van der Waals surface area contributed by atoms with E-state index < -0.39 is 6.04 Å². The Balaban J connectivity index is 2.18. The highest BCUT2D eigenvalue weighted by molar-refractivity contribution is 5.78. The van der Waals surface area contributed by atoms with E-state index in [9.17, 15) is 4.79 Å². The lowest BCUT2D eigenvalue weighted by atomic mass is 10.3. The average Bonchev–Trinajstić information content (AvgIpc) is 2.69. The van der Waals surface area contributed by atoms with Crippen molar-refractivity contribution in [3.8, 4) is 0 Å². The van der Waals surface area contributed by atoms with Crippen molar-refractivity contribution < 1.29 is 9.53 Å². The van der Waals surface area contributed by atoms with Crippen LogP contribution in [0.3, 0.4) is 0 Å². The largest absolute Gasteiger partial charge is 0.467 e. The molecule has 0 amide bonds. The Morgan fingerprint density at radius 2 is 2.38 bits per heavy atom. The molecule has 1 atom stereocenters. The minimum Gasteiger partial charge on any atom is -0.467 e. The van der Waals surface area contributed by atoms with Crippen molar-refractivity contribution in [1.29, 1.82) is 0 Å². The molecule has 6 heteroatoms. The maximum absolute atomic E-state index is 11.2. The van der Waals surface area contributed by atoms with Gasteiger partial charge in [-0.25, -0.2) is 9.31 Å². The van der Waals surface area contributed by atoms with Crippen molar-refractivity contribution in [2.24, 2.45) is 0 Å². The van der Waals surface area contributed by atoms with Gasteiger partial charge in [-0.15, -0.1) is 5.10 Å². The molecule has 0 aliphatic carbocycles. The summed E-state index contributed by atoms with van der Waals surface area (Å²) in [4.78, 5) is 15.4. The van der Waals surface area contributed by atoms with E-state index in [4.69, 9.17) is 0 Å². The van der Waals surface area contributed by atoms with Crippen LogP contribution in [-0.2, 0) is 9.53 Å². The monoisotopic (exact) mass is 220 g/mol. The lowest BCUT2D eigenvalue weighted by molar-refractivity contribution is -0.141. The lowest BCUT2D eigenvalue weighted by Crippen LogP contribution is -2.27. The van der Waals surface area contributed by atoms with Crippen LogP contribution in [0.1, 0.15) is 6.92 Å². The fourth-order valence-electron chi connectivity index (χ4n) is 1.32. The summed E-state index contributed by atoms with van der Waals surface area (Å²) in [7, 11) is 1.34. The zero-order valence-electron chi connectivity index (χ0n) is 9.04. The Bertz CT molecular complexity index is 475. The number of fused-ring (bicyclic) bond motifs is 1. The van der Waals surface area contributed by atoms with Crippen LogP contribution in [0.25, 0.3) is 5.65 Å². The number of esters is 1. The van der Waals surface area contributed by atoms with Gasteiger partial charge in [0.25, 0.3) is 0 Å². The lowest BCUT2D eigenvalue weighted by Gasteiger charge is -2.08. The van der Waals surface area contributed by atoms with Gasteiger partial charge in [0.15, 0.2) is 5.65 Å². The van der Waals surface area contributed by atoms with Crippen LogP contribution in [0.15, 0.2) is 24.4 Å². The van der Waals surface area contributed by atoms with Crippen LogP contribution in [-0.4, -0.2) is 33.7 Å². The molecule has 2 aromatic heterocycles. The van der Waals surface area contributed by atoms with Gasteiger partial charge in [-0.3, -0.25) is 0 Å². The number of aromatic nitrogens is 3. The topological polar surface area (TPSA) is 68.5 Å². The number of nitrogens with zero attached hydrogens (tertiary/aromatic N) is 3. The first-order valence-corrected chi connectivity index (χ1v) is 4.86. The number of methoxy groups -OCH3 is 1. The maximum Gasteiger partial charge on any atom is 0.328 e. The standard InChI is InChI=1S/C10H12N4O2/c1-7(9(15)16-2)11-10-12-8-5-3-4-6-14(8)13-10/h3-7H,1-2H3,(H,11,13). The van der Waals surface area contributed by atoms with Crippen molar-refractivity contribution in [2.75, 3.05) is 12.4 Å². The van der Waals surface area contributed by atoms with Gasteiger partial charge in [0.2, 0.25) is 5.95 Å². The molecule has 0 aliphatic heterocycles. The Hall–Kier alpha value is -2.11. The van der Waals surface area contributed by atoms with Crippen molar-refractivity contribution in [3.63, 3.8) is 0 Å². The second-order valence-electron chi connectivity index (χ2n) is 3.33. The zero-order chi connectivity index (χ0) is 11.5. The van der Waals surface area contributed by atoms with Gasteiger partial charge in [0, 0.05) is 6.20 Å². The van der Waals surface area contributed by atoms with E-state index in [0.29, 0.717) is 5.95 Å². The van der Waals surface area contributed by atoms with E-state index >= 15 is 0 Å². The minimum absolute atomic E-state index is 0.348. The van der Waals surface area contributed by atoms with Gasteiger partial charge in [0.1, 0.15) is 6.04 Å². The maximum atomic E-state index is 11.2. The molecule has 1 unspecified atom stereocenters. The Labute approximate surface area is 92.2 Å². The number of rotatable bonds is 3. The first-order valence-electron chi connectivity index (χ1n) is 4.86. The van der Waals surface area contributed by atoms with Crippen LogP contribution in [0.4, 0.5) is 5.95 Å². The number of nitrogens with one attached hydrogen (secondary N) is 1. The third-order valence-corrected chi connectivity index (χ3v) is 2.14. The molecule has 0 saturated carbocycles. The highest BCUT2D eigenvalue weighted by atomic mass is 16.5. The number of carbonyl (C=O) groups excluding carboxylic acids is 1. The SMILES string of the molecule is COC(=O)C(C)Nc1nc2ccccn2n1. The molecule has 0 fully saturated rings. The van der Waals surface area contributed by atoms with Gasteiger partial charge >= 0.3 is 5.97 Å². The quantitative estimate of drug-likeness (QED) is 0.771. The van der Waals surface area contributed by atoms with Crippen molar-refractivity contribution in [1.82, 2.24) is 14.6 Å². The summed E-state index contributed by atoms with van der Waals surface area (Å²) in [6.45, 7) is 1.69. The number of pyridine rings is 1. The molecule has 2 rings (SSSR count). The molecule has 0 aliphatic rings. The number of anilines is 1. The molecule has 0 spiro atoms. The summed E-state index contributed by atoms with van der Waals surface area (Å²) in [5, 5.41) is 7.02. The summed E-state index contributed by atoms with van der Waals surface area (Å²) in [6, 6.07) is 5.09. The summed E-state index contributed by atoms with van der Waals surface area (Å²) in [5.74, 6) is 0.0583. The number of ether oxygens (including phenoxy) is 1. The van der Waals surface area contributed by atoms with Gasteiger partial charge in [-0.2, -0.15) is 4.98 Å². The molecule has 84 valence electrons. The normalized spacial score (nSPS) is 12.4. The Morgan fingerprint density at radius 3 is 3.06 bits per heavy atom. The molecule has 2 heterocycles. The average molecular weight is 220 g/mol. The zero-order valence-corrected chi connectivity index (χ0v) is 9.04. The minimum atomic E-state index is -0.470. The number of carbonyl (C=O) groups is 1. The summed E-state index contributed by atoms with van der Waals surface area (Å²) in [5.41, 5.74) is 0.724. The first kappa shape index (κ1) is 10.4. The van der Waals surface area contributed by atoms with Crippen molar-refractivity contribution in [2.45, 2.75) is 13.0 Å². The molecule has 16 heavy (non-hydrogen) atoms. The predicted octanol–water partition coefficient (Wildman–Crippen LogP) is 0.703. The van der Waals surface area contributed by atoms with E-state index in [-0.39, 0.29) is 5.97 Å². The molecular weight excluding hydrogens is 208 g/mol. The van der Waals surface area contributed by atoms with Crippen LogP contribution in [0.2, 0.25) is 0 Å². The Morgan fingerprint density at radius 1 is 1.56 bits per heavy atom. The number of hydrogen-bond donors (Lipinski definition) is 1. The fourth-order valence-corrected chi connectivity index (χ4v) is 1.32. The third kappa shape index (κ3) is 1.95. The highest BCUT2D eigenvalue weighted by Gasteiger charge is 2.14. The summed E-state index contributed by atoms with van der Waals surface area (Å²) < 4.78 is 6.23. The summed E-state index contributed by atoms with van der Waals surface area (Å²) >= 11 is 0. The van der Waals surface area contributed by atoms with Crippen LogP contribution >= 0.6 is 0 Å². The molecule has 0 bridgehead atoms. The van der Waals surface area contributed by atoms with Crippen LogP contribution in [0.5, 0.6) is 0 Å². The van der Waals surface area contributed by atoms with Gasteiger partial charge in [-0.05, 0) is 19.1 Å². The van der Waals surface area contributed by atoms with Gasteiger partial charge in [-0.1, -0.05) is 6.07 Å². The van der Waals surface area contributed by atoms with Crippen molar-refractivity contribution in [3.05, 3.63) is 24.4 Å². The molecule has 0 radical (unpaired) electrons. The highest BCUT2D eigenvalue weighted by Crippen LogP contribution is 2.06. The fraction of sp³-hybridized carbons (Fsp3) is 0.300. The predicted molar refractivity (Wildman–Crippen MR) is 58.1 cm³/mol. The Kier molecular flexibility index (Phi) is 2.72. The molecule has 2 aromatic rings. The van der Waals surface area contributed by atoms with E-state index in [1.54, 1.807) is 17.6 Å². The van der Waals surface area contributed by atoms with E-state index in [0.717, 1.165) is 5.65 Å². The molecular formula is C10H12N4O2. The molecule has 0 aromatic carbocycles. The van der Waals surface area contributed by atoms with Gasteiger partial charge in [0.05, 0.1) is 7.11 Å². The summed E-state index contributed by atoms with van der Waals surface area (Å²) in [6.07, 6.45) is 1.79. The van der Waals surface area contributed by atoms with Crippen LogP contribution in [0, 0.1) is 0 Å². The molecule has 6 nitrogen and oxygen atoms in total.